The zero-order valence-corrected chi connectivity index (χ0v) is 12.8. The molecule has 116 valence electrons. The number of ether oxygens (including phenoxy) is 1. The number of unbranched alkanes of at least 4 members (excludes halogenated alkanes) is 3. The first-order valence-electron chi connectivity index (χ1n) is 7.61. The molecule has 1 amide bonds. The molecule has 5 heteroatoms. The highest BCUT2D eigenvalue weighted by Gasteiger charge is 1.99. The first-order chi connectivity index (χ1) is 10.8. The molecule has 0 aliphatic rings. The molecule has 5 nitrogen and oxygen atoms in total. The molecule has 22 heavy (non-hydrogen) atoms. The molecule has 1 aromatic heterocycles. The zero-order valence-electron chi connectivity index (χ0n) is 12.8. The van der Waals surface area contributed by atoms with Crippen molar-refractivity contribution in [1.29, 1.82) is 0 Å². The third-order valence-electron chi connectivity index (χ3n) is 3.17. The third-order valence-corrected chi connectivity index (χ3v) is 3.17. The van der Waals surface area contributed by atoms with Crippen LogP contribution in [-0.4, -0.2) is 22.5 Å². The van der Waals surface area contributed by atoms with Gasteiger partial charge in [0, 0.05) is 6.20 Å². The van der Waals surface area contributed by atoms with E-state index in [1.54, 1.807) is 23.1 Å². The van der Waals surface area contributed by atoms with Crippen LogP contribution in [0, 0.1) is 0 Å². The number of benzene rings is 1. The largest absolute Gasteiger partial charge is 0.448 e. The van der Waals surface area contributed by atoms with Crippen molar-refractivity contribution in [2.75, 3.05) is 6.61 Å². The molecule has 0 spiro atoms. The van der Waals surface area contributed by atoms with Gasteiger partial charge < -0.3 is 4.74 Å². The number of aromatic nitrogens is 2. The Kier molecular flexibility index (Phi) is 6.36. The lowest BCUT2D eigenvalue weighted by Crippen LogP contribution is -2.12. The number of carbonyl (C=O) groups excluding carboxylic acids is 1. The molecule has 0 saturated heterocycles. The Bertz CT molecular complexity index is 630. The van der Waals surface area contributed by atoms with Gasteiger partial charge in [0.15, 0.2) is 0 Å². The van der Waals surface area contributed by atoms with Crippen LogP contribution in [0.3, 0.4) is 0 Å². The summed E-state index contributed by atoms with van der Waals surface area (Å²) in [6.07, 6.45) is 7.04. The van der Waals surface area contributed by atoms with Crippen LogP contribution in [0.1, 0.15) is 32.6 Å². The molecule has 1 aromatic carbocycles. The Labute approximate surface area is 130 Å². The quantitative estimate of drug-likeness (QED) is 0.767. The predicted molar refractivity (Wildman–Crippen MR) is 84.6 cm³/mol. The van der Waals surface area contributed by atoms with E-state index in [9.17, 15) is 4.79 Å². The molecule has 0 N–H and O–H groups in total. The number of amides is 1. The van der Waals surface area contributed by atoms with E-state index in [0.29, 0.717) is 12.0 Å². The maximum Gasteiger partial charge on any atom is 0.434 e. The number of nitrogens with zero attached hydrogens (tertiary/aromatic N) is 3. The highest BCUT2D eigenvalue weighted by molar-refractivity contribution is 5.68. The second kappa shape index (κ2) is 8.77. The van der Waals surface area contributed by atoms with Crippen molar-refractivity contribution in [2.45, 2.75) is 32.6 Å². The maximum absolute atomic E-state index is 11.6. The van der Waals surface area contributed by atoms with Crippen molar-refractivity contribution in [3.8, 4) is 5.69 Å². The summed E-state index contributed by atoms with van der Waals surface area (Å²) >= 11 is 0. The maximum atomic E-state index is 11.6. The van der Waals surface area contributed by atoms with E-state index in [-0.39, 0.29) is 0 Å². The molecule has 0 fully saturated rings. The summed E-state index contributed by atoms with van der Waals surface area (Å²) in [5, 5.41) is 4.73. The minimum atomic E-state index is -0.559. The zero-order chi connectivity index (χ0) is 15.6. The Hall–Kier alpha value is -2.43. The minimum absolute atomic E-state index is 0.423. The Morgan fingerprint density at radius 3 is 2.68 bits per heavy atom. The van der Waals surface area contributed by atoms with Gasteiger partial charge in [0.1, 0.15) is 0 Å². The lowest BCUT2D eigenvalue weighted by atomic mass is 10.2. The SMILES string of the molecule is CCCCCCOC(=O)/N=c1\ccn(-c2ccccc2)nc1. The van der Waals surface area contributed by atoms with Crippen LogP contribution in [0.25, 0.3) is 5.69 Å². The van der Waals surface area contributed by atoms with Gasteiger partial charge in [0.2, 0.25) is 0 Å². The molecule has 0 aliphatic carbocycles. The summed E-state index contributed by atoms with van der Waals surface area (Å²) < 4.78 is 6.78. The fraction of sp³-hybridized carbons (Fsp3) is 0.353. The van der Waals surface area contributed by atoms with Gasteiger partial charge in [0.05, 0.1) is 23.8 Å². The van der Waals surface area contributed by atoms with Gasteiger partial charge in [-0.05, 0) is 24.6 Å². The summed E-state index contributed by atoms with van der Waals surface area (Å²) in [6.45, 7) is 2.57. The smallest absolute Gasteiger partial charge is 0.434 e. The predicted octanol–water partition coefficient (Wildman–Crippen LogP) is 3.49. The van der Waals surface area contributed by atoms with Crippen LogP contribution in [0.2, 0.25) is 0 Å². The third kappa shape index (κ3) is 5.16. The Morgan fingerprint density at radius 1 is 1.18 bits per heavy atom. The fourth-order valence-corrected chi connectivity index (χ4v) is 1.98. The van der Waals surface area contributed by atoms with Crippen molar-refractivity contribution >= 4 is 6.09 Å². The van der Waals surface area contributed by atoms with Crippen LogP contribution in [0.4, 0.5) is 4.79 Å². The summed E-state index contributed by atoms with van der Waals surface area (Å²) in [5.41, 5.74) is 0.951. The lowest BCUT2D eigenvalue weighted by molar-refractivity contribution is 0.154. The van der Waals surface area contributed by atoms with Gasteiger partial charge in [-0.25, -0.2) is 9.48 Å². The fourth-order valence-electron chi connectivity index (χ4n) is 1.98. The molecule has 1 heterocycles. The van der Waals surface area contributed by atoms with Gasteiger partial charge >= 0.3 is 6.09 Å². The number of carbonyl (C=O) groups is 1. The van der Waals surface area contributed by atoms with E-state index < -0.39 is 6.09 Å². The van der Waals surface area contributed by atoms with Crippen molar-refractivity contribution in [2.24, 2.45) is 4.99 Å². The van der Waals surface area contributed by atoms with Crippen molar-refractivity contribution in [1.82, 2.24) is 9.78 Å². The average molecular weight is 299 g/mol. The molecule has 0 radical (unpaired) electrons. The van der Waals surface area contributed by atoms with Gasteiger partial charge in [0.25, 0.3) is 0 Å². The molecule has 0 bridgehead atoms. The van der Waals surface area contributed by atoms with Crippen molar-refractivity contribution < 1.29 is 9.53 Å². The van der Waals surface area contributed by atoms with E-state index >= 15 is 0 Å². The summed E-state index contributed by atoms with van der Waals surface area (Å²) in [5.74, 6) is 0. The molecule has 2 rings (SSSR count). The van der Waals surface area contributed by atoms with Crippen LogP contribution < -0.4 is 5.36 Å². The number of para-hydroxylation sites is 1. The van der Waals surface area contributed by atoms with Gasteiger partial charge in [-0.15, -0.1) is 0 Å². The first kappa shape index (κ1) is 15.9. The van der Waals surface area contributed by atoms with Crippen LogP contribution in [0.5, 0.6) is 0 Å². The molecule has 0 unspecified atom stereocenters. The van der Waals surface area contributed by atoms with E-state index in [4.69, 9.17) is 4.74 Å². The molecular formula is C17H21N3O2. The molecule has 0 atom stereocenters. The van der Waals surface area contributed by atoms with E-state index in [1.807, 2.05) is 30.3 Å². The normalized spacial score (nSPS) is 11.4. The van der Waals surface area contributed by atoms with E-state index in [1.165, 1.54) is 0 Å². The standard InChI is InChI=1S/C17H21N3O2/c1-2-3-4-8-13-22-17(21)19-15-11-12-20(18-14-15)16-9-6-5-7-10-16/h5-7,9-12,14H,2-4,8,13H2,1H3/b19-15+. The van der Waals surface area contributed by atoms with Crippen LogP contribution >= 0.6 is 0 Å². The molecule has 2 aromatic rings. The Balaban J connectivity index is 1.91. The first-order valence-corrected chi connectivity index (χ1v) is 7.61. The summed E-state index contributed by atoms with van der Waals surface area (Å²) in [6, 6.07) is 11.5. The van der Waals surface area contributed by atoms with Crippen LogP contribution in [0.15, 0.2) is 53.8 Å². The van der Waals surface area contributed by atoms with Gasteiger partial charge in [-0.2, -0.15) is 10.1 Å². The van der Waals surface area contributed by atoms with Crippen LogP contribution in [-0.2, 0) is 4.74 Å². The molecular weight excluding hydrogens is 278 g/mol. The number of hydrogen-bond donors (Lipinski definition) is 0. The highest BCUT2D eigenvalue weighted by Crippen LogP contribution is 2.02. The van der Waals surface area contributed by atoms with Crippen molar-refractivity contribution in [3.05, 3.63) is 54.1 Å². The Morgan fingerprint density at radius 2 is 2.00 bits per heavy atom. The second-order valence-electron chi connectivity index (χ2n) is 4.95. The molecule has 0 saturated carbocycles. The van der Waals surface area contributed by atoms with E-state index in [2.05, 4.69) is 17.0 Å². The highest BCUT2D eigenvalue weighted by atomic mass is 16.5. The van der Waals surface area contributed by atoms with E-state index in [0.717, 1.165) is 31.4 Å². The molecule has 0 aliphatic heterocycles. The monoisotopic (exact) mass is 299 g/mol. The number of hydrogen-bond acceptors (Lipinski definition) is 3. The topological polar surface area (TPSA) is 56.5 Å². The lowest BCUT2D eigenvalue weighted by Gasteiger charge is -2.03. The van der Waals surface area contributed by atoms with Crippen molar-refractivity contribution in [3.63, 3.8) is 0 Å². The average Bonchev–Trinajstić information content (AvgIpc) is 2.56. The minimum Gasteiger partial charge on any atom is -0.448 e. The van der Waals surface area contributed by atoms with Gasteiger partial charge in [-0.3, -0.25) is 0 Å². The summed E-state index contributed by atoms with van der Waals surface area (Å²) in [7, 11) is 0. The summed E-state index contributed by atoms with van der Waals surface area (Å²) in [4.78, 5) is 15.5. The second-order valence-corrected chi connectivity index (χ2v) is 4.95. The number of rotatable bonds is 6. The van der Waals surface area contributed by atoms with Gasteiger partial charge in [-0.1, -0.05) is 44.4 Å².